The summed E-state index contributed by atoms with van der Waals surface area (Å²) >= 11 is 0. The van der Waals surface area contributed by atoms with Gasteiger partial charge in [-0.3, -0.25) is 9.59 Å². The van der Waals surface area contributed by atoms with Crippen LogP contribution in [0.3, 0.4) is 0 Å². The van der Waals surface area contributed by atoms with Crippen LogP contribution in [-0.4, -0.2) is 26.8 Å². The van der Waals surface area contributed by atoms with Crippen LogP contribution in [0.5, 0.6) is 0 Å². The fraction of sp³-hybridized carbons (Fsp3) is 0.158. The van der Waals surface area contributed by atoms with Gasteiger partial charge in [0.25, 0.3) is 5.91 Å². The Kier molecular flexibility index (Phi) is 6.71. The van der Waals surface area contributed by atoms with Gasteiger partial charge in [-0.15, -0.1) is 6.42 Å². The second-order valence-corrected chi connectivity index (χ2v) is 7.26. The zero-order valence-corrected chi connectivity index (χ0v) is 15.5. The number of benzene rings is 2. The molecular formula is C19H19N3O4S. The van der Waals surface area contributed by atoms with Gasteiger partial charge >= 0.3 is 0 Å². The molecule has 0 aliphatic carbocycles. The van der Waals surface area contributed by atoms with Crippen molar-refractivity contribution in [1.82, 2.24) is 4.72 Å². The summed E-state index contributed by atoms with van der Waals surface area (Å²) in [5, 5.41) is 5.38. The van der Waals surface area contributed by atoms with Crippen LogP contribution < -0.4 is 15.4 Å². The molecule has 0 unspecified atom stereocenters. The van der Waals surface area contributed by atoms with Crippen LogP contribution in [0.25, 0.3) is 0 Å². The van der Waals surface area contributed by atoms with Crippen LogP contribution in [0.2, 0.25) is 0 Å². The fourth-order valence-electron chi connectivity index (χ4n) is 2.11. The number of carbonyl (C=O) groups is 2. The minimum Gasteiger partial charge on any atom is -0.326 e. The molecule has 2 aromatic carbocycles. The maximum atomic E-state index is 12.4. The van der Waals surface area contributed by atoms with Gasteiger partial charge in [-0.25, -0.2) is 8.42 Å². The number of sulfonamides is 1. The summed E-state index contributed by atoms with van der Waals surface area (Å²) in [6.45, 7) is 1.61. The first kappa shape index (κ1) is 20.2. The van der Waals surface area contributed by atoms with Gasteiger partial charge in [-0.2, -0.15) is 4.72 Å². The number of hydrogen-bond donors (Lipinski definition) is 3. The maximum absolute atomic E-state index is 12.4. The number of amides is 2. The summed E-state index contributed by atoms with van der Waals surface area (Å²) in [7, 11) is -3.78. The molecule has 7 nitrogen and oxygen atoms in total. The second-order valence-electron chi connectivity index (χ2n) is 5.49. The average Bonchev–Trinajstić information content (AvgIpc) is 2.68. The highest BCUT2D eigenvalue weighted by molar-refractivity contribution is 7.89. The number of terminal acetylenes is 1. The number of anilines is 2. The third kappa shape index (κ3) is 5.67. The Labute approximate surface area is 158 Å². The van der Waals surface area contributed by atoms with E-state index in [1.54, 1.807) is 31.2 Å². The molecule has 0 fully saturated rings. The quantitative estimate of drug-likeness (QED) is 0.636. The van der Waals surface area contributed by atoms with E-state index >= 15 is 0 Å². The Bertz CT molecular complexity index is 977. The molecule has 0 bridgehead atoms. The van der Waals surface area contributed by atoms with Gasteiger partial charge < -0.3 is 10.6 Å². The predicted molar refractivity (Wildman–Crippen MR) is 104 cm³/mol. The van der Waals surface area contributed by atoms with Crippen molar-refractivity contribution in [2.24, 2.45) is 0 Å². The summed E-state index contributed by atoms with van der Waals surface area (Å²) in [5.41, 5.74) is 1.31. The maximum Gasteiger partial charge on any atom is 0.255 e. The summed E-state index contributed by atoms with van der Waals surface area (Å²) in [4.78, 5) is 23.7. The van der Waals surface area contributed by atoms with Crippen molar-refractivity contribution in [3.63, 3.8) is 0 Å². The summed E-state index contributed by atoms with van der Waals surface area (Å²) in [6, 6.07) is 12.2. The molecular weight excluding hydrogens is 366 g/mol. The first-order valence-electron chi connectivity index (χ1n) is 8.10. The van der Waals surface area contributed by atoms with Gasteiger partial charge in [0.15, 0.2) is 0 Å². The monoisotopic (exact) mass is 385 g/mol. The van der Waals surface area contributed by atoms with Crippen molar-refractivity contribution in [2.75, 3.05) is 17.2 Å². The molecule has 2 rings (SSSR count). The molecule has 0 aliphatic rings. The Hall–Kier alpha value is -3.15. The summed E-state index contributed by atoms with van der Waals surface area (Å²) < 4.78 is 26.4. The molecule has 27 heavy (non-hydrogen) atoms. The van der Waals surface area contributed by atoms with Gasteiger partial charge in [0.1, 0.15) is 0 Å². The van der Waals surface area contributed by atoms with E-state index in [9.17, 15) is 18.0 Å². The molecule has 140 valence electrons. The first-order chi connectivity index (χ1) is 12.9. The van der Waals surface area contributed by atoms with E-state index in [1.165, 1.54) is 24.3 Å². The minimum absolute atomic E-state index is 0.0528. The van der Waals surface area contributed by atoms with Crippen LogP contribution >= 0.6 is 0 Å². The Balaban J connectivity index is 2.11. The molecule has 0 saturated carbocycles. The number of carbonyl (C=O) groups excluding carboxylic acids is 2. The van der Waals surface area contributed by atoms with Crippen molar-refractivity contribution in [2.45, 2.75) is 18.2 Å². The lowest BCUT2D eigenvalue weighted by atomic mass is 10.2. The summed E-state index contributed by atoms with van der Waals surface area (Å²) in [6.07, 6.45) is 5.43. The van der Waals surface area contributed by atoms with Gasteiger partial charge in [0.2, 0.25) is 15.9 Å². The van der Waals surface area contributed by atoms with Crippen LogP contribution in [0.1, 0.15) is 23.7 Å². The highest BCUT2D eigenvalue weighted by Crippen LogP contribution is 2.16. The smallest absolute Gasteiger partial charge is 0.255 e. The van der Waals surface area contributed by atoms with Crippen molar-refractivity contribution in [1.29, 1.82) is 0 Å². The third-order valence-electron chi connectivity index (χ3n) is 3.52. The van der Waals surface area contributed by atoms with E-state index < -0.39 is 15.9 Å². The van der Waals surface area contributed by atoms with Gasteiger partial charge in [0, 0.05) is 23.4 Å². The highest BCUT2D eigenvalue weighted by Gasteiger charge is 2.15. The van der Waals surface area contributed by atoms with Crippen molar-refractivity contribution in [3.8, 4) is 12.3 Å². The van der Waals surface area contributed by atoms with Crippen molar-refractivity contribution < 1.29 is 18.0 Å². The molecule has 0 aromatic heterocycles. The first-order valence-corrected chi connectivity index (χ1v) is 9.58. The summed E-state index contributed by atoms with van der Waals surface area (Å²) in [5.74, 6) is 1.62. The highest BCUT2D eigenvalue weighted by atomic mass is 32.2. The Morgan fingerprint density at radius 1 is 1.04 bits per heavy atom. The van der Waals surface area contributed by atoms with Gasteiger partial charge in [-0.1, -0.05) is 18.9 Å². The van der Waals surface area contributed by atoms with E-state index in [2.05, 4.69) is 21.3 Å². The standard InChI is InChI=1S/C19H19N3O4S/c1-3-12-20-27(25,26)17-7-5-6-14(13-17)19(24)22-16-10-8-15(9-11-16)21-18(23)4-2/h1,5-11,13,20H,4,12H2,2H3,(H,21,23)(H,22,24). The Morgan fingerprint density at radius 3 is 2.26 bits per heavy atom. The fourth-order valence-corrected chi connectivity index (χ4v) is 3.09. The number of hydrogen-bond acceptors (Lipinski definition) is 4. The topological polar surface area (TPSA) is 104 Å². The molecule has 0 aliphatic heterocycles. The predicted octanol–water partition coefficient (Wildman–Crippen LogP) is 2.20. The molecule has 0 saturated heterocycles. The zero-order valence-electron chi connectivity index (χ0n) is 14.7. The van der Waals surface area contributed by atoms with E-state index in [4.69, 9.17) is 6.42 Å². The zero-order chi connectivity index (χ0) is 19.9. The minimum atomic E-state index is -3.78. The largest absolute Gasteiger partial charge is 0.326 e. The number of rotatable bonds is 7. The van der Waals surface area contributed by atoms with Gasteiger partial charge in [-0.05, 0) is 42.5 Å². The van der Waals surface area contributed by atoms with Crippen LogP contribution in [-0.2, 0) is 14.8 Å². The van der Waals surface area contributed by atoms with E-state index in [-0.39, 0.29) is 22.9 Å². The lowest BCUT2D eigenvalue weighted by molar-refractivity contribution is -0.115. The Morgan fingerprint density at radius 2 is 1.67 bits per heavy atom. The van der Waals surface area contributed by atoms with Crippen molar-refractivity contribution >= 4 is 33.2 Å². The SMILES string of the molecule is C#CCNS(=O)(=O)c1cccc(C(=O)Nc2ccc(NC(=O)CC)cc2)c1. The lowest BCUT2D eigenvalue weighted by Gasteiger charge is -2.09. The molecule has 2 amide bonds. The second kappa shape index (κ2) is 8.98. The molecule has 3 N–H and O–H groups in total. The van der Waals surface area contributed by atoms with E-state index in [0.717, 1.165) is 0 Å². The molecule has 0 heterocycles. The third-order valence-corrected chi connectivity index (χ3v) is 4.92. The molecule has 0 atom stereocenters. The van der Waals surface area contributed by atoms with Crippen LogP contribution in [0.4, 0.5) is 11.4 Å². The van der Waals surface area contributed by atoms with E-state index in [0.29, 0.717) is 17.8 Å². The molecule has 8 heteroatoms. The number of nitrogens with one attached hydrogen (secondary N) is 3. The molecule has 0 radical (unpaired) electrons. The van der Waals surface area contributed by atoms with Crippen molar-refractivity contribution in [3.05, 3.63) is 54.1 Å². The van der Waals surface area contributed by atoms with Crippen LogP contribution in [0.15, 0.2) is 53.4 Å². The lowest BCUT2D eigenvalue weighted by Crippen LogP contribution is -2.24. The van der Waals surface area contributed by atoms with E-state index in [1.807, 2.05) is 0 Å². The molecule has 2 aromatic rings. The van der Waals surface area contributed by atoms with Crippen LogP contribution in [0, 0.1) is 12.3 Å². The van der Waals surface area contributed by atoms with Gasteiger partial charge in [0.05, 0.1) is 11.4 Å². The average molecular weight is 385 g/mol. The normalized spacial score (nSPS) is 10.7. The molecule has 0 spiro atoms.